The minimum Gasteiger partial charge on any atom is -0.462 e. The minimum absolute atomic E-state index is 0.0113. The van der Waals surface area contributed by atoms with Gasteiger partial charge in [0.15, 0.2) is 12.3 Å². The first-order valence-electron chi connectivity index (χ1n) is 8.79. The van der Waals surface area contributed by atoms with Crippen LogP contribution in [-0.2, 0) is 14.3 Å². The maximum Gasteiger partial charge on any atom is 0.359 e. The number of nitrogens with one attached hydrogen (secondary N) is 1. The van der Waals surface area contributed by atoms with Gasteiger partial charge in [0.05, 0.1) is 16.6 Å². The summed E-state index contributed by atoms with van der Waals surface area (Å²) >= 11 is 4.64. The van der Waals surface area contributed by atoms with Gasteiger partial charge in [0.1, 0.15) is 10.6 Å². The van der Waals surface area contributed by atoms with Gasteiger partial charge in [0, 0.05) is 18.0 Å². The van der Waals surface area contributed by atoms with Crippen LogP contribution in [-0.4, -0.2) is 41.0 Å². The van der Waals surface area contributed by atoms with Crippen LogP contribution in [0.2, 0.25) is 0 Å². The molecule has 30 heavy (non-hydrogen) atoms. The van der Waals surface area contributed by atoms with Gasteiger partial charge in [-0.3, -0.25) is 9.78 Å². The molecule has 3 aromatic rings. The molecule has 0 aliphatic carbocycles. The summed E-state index contributed by atoms with van der Waals surface area (Å²) in [6.07, 6.45) is 4.00. The number of benzene rings is 1. The van der Waals surface area contributed by atoms with Crippen molar-refractivity contribution in [3.63, 3.8) is 0 Å². The van der Waals surface area contributed by atoms with Crippen molar-refractivity contribution in [3.05, 3.63) is 64.0 Å². The molecule has 0 saturated carbocycles. The number of thiophene rings is 1. The van der Waals surface area contributed by atoms with E-state index in [0.717, 1.165) is 5.56 Å². The zero-order valence-electron chi connectivity index (χ0n) is 15.8. The van der Waals surface area contributed by atoms with E-state index in [-0.39, 0.29) is 17.9 Å². The molecule has 154 valence electrons. The molecule has 8 nitrogen and oxygen atoms in total. The average molecular weight is 490 g/mol. The predicted octanol–water partition coefficient (Wildman–Crippen LogP) is 3.94. The molecule has 0 saturated heterocycles. The van der Waals surface area contributed by atoms with Gasteiger partial charge in [-0.2, -0.15) is 0 Å². The normalized spacial score (nSPS) is 10.3. The lowest BCUT2D eigenvalue weighted by Gasteiger charge is -2.09. The second-order valence-corrected chi connectivity index (χ2v) is 8.09. The Morgan fingerprint density at radius 2 is 1.87 bits per heavy atom. The number of anilines is 1. The maximum atomic E-state index is 12.6. The minimum atomic E-state index is -0.777. The first kappa shape index (κ1) is 21.6. The van der Waals surface area contributed by atoms with Gasteiger partial charge >= 0.3 is 11.9 Å². The molecule has 1 amide bonds. The van der Waals surface area contributed by atoms with Crippen LogP contribution in [0.25, 0.3) is 11.1 Å². The van der Waals surface area contributed by atoms with Gasteiger partial charge in [0.25, 0.3) is 5.91 Å². The molecule has 2 aromatic heterocycles. The third-order valence-corrected chi connectivity index (χ3v) is 5.54. The Hall–Kier alpha value is -3.11. The summed E-state index contributed by atoms with van der Waals surface area (Å²) in [6, 6.07) is 9.26. The second-order valence-electron chi connectivity index (χ2n) is 5.76. The highest BCUT2D eigenvalue weighted by molar-refractivity contribution is 9.11. The fraction of sp³-hybridized carbons (Fsp3) is 0.150. The van der Waals surface area contributed by atoms with Crippen molar-refractivity contribution < 1.29 is 23.9 Å². The van der Waals surface area contributed by atoms with E-state index in [9.17, 15) is 14.4 Å². The summed E-state index contributed by atoms with van der Waals surface area (Å²) < 4.78 is 10.8. The zero-order valence-corrected chi connectivity index (χ0v) is 18.2. The Labute approximate surface area is 184 Å². The van der Waals surface area contributed by atoms with Crippen LogP contribution in [0.5, 0.6) is 0 Å². The number of halogens is 1. The molecule has 1 aromatic carbocycles. The first-order valence-corrected chi connectivity index (χ1v) is 10.4. The Morgan fingerprint density at radius 3 is 2.53 bits per heavy atom. The van der Waals surface area contributed by atoms with Crippen LogP contribution in [0, 0.1) is 0 Å². The molecule has 0 aliphatic heterocycles. The Bertz CT molecular complexity index is 1060. The molecular formula is C20H16BrN3O5S. The molecule has 0 atom stereocenters. The molecule has 0 bridgehead atoms. The quantitative estimate of drug-likeness (QED) is 0.500. The van der Waals surface area contributed by atoms with E-state index in [2.05, 4.69) is 31.2 Å². The van der Waals surface area contributed by atoms with E-state index in [1.807, 2.05) is 30.3 Å². The lowest BCUT2D eigenvalue weighted by atomic mass is 10.0. The van der Waals surface area contributed by atoms with Crippen molar-refractivity contribution in [3.8, 4) is 11.1 Å². The number of nitrogens with zero attached hydrogens (tertiary/aromatic N) is 2. The van der Waals surface area contributed by atoms with E-state index in [1.54, 1.807) is 6.92 Å². The first-order chi connectivity index (χ1) is 14.5. The van der Waals surface area contributed by atoms with Crippen molar-refractivity contribution in [2.45, 2.75) is 6.92 Å². The number of amides is 1. The number of carbonyl (C=O) groups is 3. The van der Waals surface area contributed by atoms with E-state index in [0.29, 0.717) is 14.4 Å². The molecule has 0 spiro atoms. The van der Waals surface area contributed by atoms with Gasteiger partial charge in [-0.25, -0.2) is 14.6 Å². The van der Waals surface area contributed by atoms with Crippen LogP contribution < -0.4 is 5.32 Å². The third-order valence-electron chi connectivity index (χ3n) is 3.77. The summed E-state index contributed by atoms with van der Waals surface area (Å²) in [5.74, 6) is -1.95. The van der Waals surface area contributed by atoms with Crippen molar-refractivity contribution in [2.75, 3.05) is 18.5 Å². The fourth-order valence-electron chi connectivity index (χ4n) is 2.52. The molecule has 0 radical (unpaired) electrons. The van der Waals surface area contributed by atoms with Crippen LogP contribution >= 0.6 is 27.3 Å². The third kappa shape index (κ3) is 5.08. The lowest BCUT2D eigenvalue weighted by Crippen LogP contribution is -2.22. The largest absolute Gasteiger partial charge is 0.462 e. The standard InChI is InChI=1S/C20H16BrN3O5S/c1-2-28-20(27)16-15(12-6-4-3-5-7-12)17(21)30-18(16)24-14(25)11-29-19(26)13-10-22-8-9-23-13/h3-10H,2,11H2,1H3,(H,24,25). The Kier molecular flexibility index (Phi) is 7.26. The molecule has 1 N–H and O–H groups in total. The SMILES string of the molecule is CCOC(=O)c1c(NC(=O)COC(=O)c2cnccn2)sc(Br)c1-c1ccccc1. The predicted molar refractivity (Wildman–Crippen MR) is 114 cm³/mol. The molecule has 10 heteroatoms. The number of esters is 2. The summed E-state index contributed by atoms with van der Waals surface area (Å²) in [5.41, 5.74) is 1.63. The monoisotopic (exact) mass is 489 g/mol. The summed E-state index contributed by atoms with van der Waals surface area (Å²) in [5, 5.41) is 2.91. The van der Waals surface area contributed by atoms with Gasteiger partial charge in [-0.05, 0) is 28.4 Å². The average Bonchev–Trinajstić information content (AvgIpc) is 3.09. The summed E-state index contributed by atoms with van der Waals surface area (Å²) in [7, 11) is 0. The van der Waals surface area contributed by atoms with Crippen LogP contribution in [0.1, 0.15) is 27.8 Å². The number of hydrogen-bond donors (Lipinski definition) is 1. The Morgan fingerprint density at radius 1 is 1.10 bits per heavy atom. The highest BCUT2D eigenvalue weighted by atomic mass is 79.9. The number of hydrogen-bond acceptors (Lipinski definition) is 8. The number of rotatable bonds is 7. The van der Waals surface area contributed by atoms with Crippen molar-refractivity contribution in [2.24, 2.45) is 0 Å². The molecular weight excluding hydrogens is 474 g/mol. The van der Waals surface area contributed by atoms with E-state index < -0.39 is 24.5 Å². The van der Waals surface area contributed by atoms with E-state index in [4.69, 9.17) is 9.47 Å². The van der Waals surface area contributed by atoms with Crippen molar-refractivity contribution in [1.29, 1.82) is 0 Å². The molecule has 2 heterocycles. The van der Waals surface area contributed by atoms with Gasteiger partial charge in [0.2, 0.25) is 0 Å². The molecule has 0 aliphatic rings. The molecule has 3 rings (SSSR count). The van der Waals surface area contributed by atoms with E-state index in [1.165, 1.54) is 29.9 Å². The summed E-state index contributed by atoms with van der Waals surface area (Å²) in [6.45, 7) is 1.34. The second kappa shape index (κ2) is 10.1. The van der Waals surface area contributed by atoms with Crippen molar-refractivity contribution in [1.82, 2.24) is 9.97 Å². The van der Waals surface area contributed by atoms with Gasteiger partial charge in [-0.1, -0.05) is 30.3 Å². The van der Waals surface area contributed by atoms with Gasteiger partial charge < -0.3 is 14.8 Å². The highest BCUT2D eigenvalue weighted by Crippen LogP contribution is 2.44. The lowest BCUT2D eigenvalue weighted by molar-refractivity contribution is -0.119. The molecule has 0 fully saturated rings. The van der Waals surface area contributed by atoms with E-state index >= 15 is 0 Å². The van der Waals surface area contributed by atoms with Crippen LogP contribution in [0.4, 0.5) is 5.00 Å². The maximum absolute atomic E-state index is 12.6. The van der Waals surface area contributed by atoms with Crippen LogP contribution in [0.3, 0.4) is 0 Å². The topological polar surface area (TPSA) is 107 Å². The number of aromatic nitrogens is 2. The highest BCUT2D eigenvalue weighted by Gasteiger charge is 2.26. The van der Waals surface area contributed by atoms with Gasteiger partial charge in [-0.15, -0.1) is 11.3 Å². The van der Waals surface area contributed by atoms with Crippen molar-refractivity contribution >= 4 is 50.1 Å². The fourth-order valence-corrected chi connectivity index (χ4v) is 4.39. The molecule has 0 unspecified atom stereocenters. The summed E-state index contributed by atoms with van der Waals surface area (Å²) in [4.78, 5) is 44.5. The Balaban J connectivity index is 1.80. The number of carbonyl (C=O) groups excluding carboxylic acids is 3. The smallest absolute Gasteiger partial charge is 0.359 e. The van der Waals surface area contributed by atoms with Crippen LogP contribution in [0.15, 0.2) is 52.7 Å². The number of ether oxygens (including phenoxy) is 2. The zero-order chi connectivity index (χ0) is 21.5.